The maximum absolute atomic E-state index is 13.3. The fourth-order valence-corrected chi connectivity index (χ4v) is 5.17. The maximum atomic E-state index is 13.3. The quantitative estimate of drug-likeness (QED) is 0.494. The Bertz CT molecular complexity index is 913. The molecule has 0 saturated carbocycles. The third kappa shape index (κ3) is 5.31. The van der Waals surface area contributed by atoms with Crippen LogP contribution in [-0.4, -0.2) is 50.7 Å². The average Bonchev–Trinajstić information content (AvgIpc) is 2.73. The molecule has 1 fully saturated rings. The Hall–Kier alpha value is -2.49. The smallest absolute Gasteiger partial charge is 0.269 e. The molecule has 0 spiro atoms. The molecule has 1 saturated heterocycles. The Kier molecular flexibility index (Phi) is 6.83. The molecule has 0 aromatic heterocycles. The minimum atomic E-state index is -3.93. The molecule has 3 rings (SSSR count). The topological polar surface area (TPSA) is 105 Å². The van der Waals surface area contributed by atoms with Crippen molar-refractivity contribution in [1.82, 2.24) is 0 Å². The van der Waals surface area contributed by atoms with Gasteiger partial charge >= 0.3 is 0 Å². The predicted molar refractivity (Wildman–Crippen MR) is 109 cm³/mol. The van der Waals surface area contributed by atoms with E-state index in [2.05, 4.69) is 0 Å². The summed E-state index contributed by atoms with van der Waals surface area (Å²) in [6.45, 7) is 2.30. The minimum Gasteiger partial charge on any atom is -0.385 e. The number of likely N-dealkylation sites (tertiary alicyclic amines) is 1. The van der Waals surface area contributed by atoms with Crippen LogP contribution in [0.2, 0.25) is 0 Å². The lowest BCUT2D eigenvalue weighted by molar-refractivity contribution is -0.907. The van der Waals surface area contributed by atoms with E-state index in [0.717, 1.165) is 30.2 Å². The highest BCUT2D eigenvalue weighted by Crippen LogP contribution is 2.26. The summed E-state index contributed by atoms with van der Waals surface area (Å²) in [6, 6.07) is 13.3. The van der Waals surface area contributed by atoms with Crippen LogP contribution in [0.3, 0.4) is 0 Å². The first-order valence-corrected chi connectivity index (χ1v) is 11.2. The van der Waals surface area contributed by atoms with E-state index in [9.17, 15) is 23.6 Å². The molecule has 0 bridgehead atoms. The van der Waals surface area contributed by atoms with Gasteiger partial charge in [0.1, 0.15) is 12.6 Å². The first-order valence-electron chi connectivity index (χ1n) is 9.72. The van der Waals surface area contributed by atoms with Crippen LogP contribution in [0.1, 0.15) is 19.3 Å². The second-order valence-electron chi connectivity index (χ2n) is 7.29. The number of nitrogens with zero attached hydrogens (tertiary/aromatic N) is 2. The van der Waals surface area contributed by atoms with E-state index >= 15 is 0 Å². The summed E-state index contributed by atoms with van der Waals surface area (Å²) < 4.78 is 27.6. The molecule has 9 heteroatoms. The van der Waals surface area contributed by atoms with Crippen LogP contribution < -0.4 is 9.21 Å². The normalized spacial score (nSPS) is 16.3. The lowest BCUT2D eigenvalue weighted by Gasteiger charge is -2.30. The van der Waals surface area contributed by atoms with Crippen molar-refractivity contribution in [2.24, 2.45) is 0 Å². The largest absolute Gasteiger partial charge is 0.385 e. The zero-order chi connectivity index (χ0) is 20.9. The van der Waals surface area contributed by atoms with Gasteiger partial charge in [-0.25, -0.2) is 8.42 Å². The third-order valence-corrected chi connectivity index (χ3v) is 6.95. The Balaban J connectivity index is 1.87. The van der Waals surface area contributed by atoms with Crippen molar-refractivity contribution in [3.05, 3.63) is 64.7 Å². The Morgan fingerprint density at radius 2 is 1.66 bits per heavy atom. The number of sulfonamides is 1. The Morgan fingerprint density at radius 1 is 1.03 bits per heavy atom. The summed E-state index contributed by atoms with van der Waals surface area (Å²) in [4.78, 5) is 11.8. The highest BCUT2D eigenvalue weighted by Gasteiger charge is 2.29. The first-order chi connectivity index (χ1) is 13.9. The predicted octanol–water partition coefficient (Wildman–Crippen LogP) is 1.22. The number of benzene rings is 2. The van der Waals surface area contributed by atoms with Crippen LogP contribution in [0, 0.1) is 10.1 Å². The zero-order valence-corrected chi connectivity index (χ0v) is 16.9. The molecule has 0 amide bonds. The van der Waals surface area contributed by atoms with Gasteiger partial charge in [-0.2, -0.15) is 0 Å². The van der Waals surface area contributed by atoms with Gasteiger partial charge in [0.2, 0.25) is 0 Å². The van der Waals surface area contributed by atoms with E-state index in [-0.39, 0.29) is 22.8 Å². The molecular weight excluding hydrogens is 394 g/mol. The lowest BCUT2D eigenvalue weighted by atomic mass is 10.1. The fourth-order valence-electron chi connectivity index (χ4n) is 3.65. The van der Waals surface area contributed by atoms with Crippen LogP contribution in [0.4, 0.5) is 11.4 Å². The van der Waals surface area contributed by atoms with Crippen LogP contribution in [0.5, 0.6) is 0 Å². The van der Waals surface area contributed by atoms with Crippen molar-refractivity contribution < 1.29 is 23.3 Å². The van der Waals surface area contributed by atoms with Crippen molar-refractivity contribution in [3.8, 4) is 0 Å². The number of hydrogen-bond acceptors (Lipinski definition) is 5. The molecule has 2 aromatic rings. The van der Waals surface area contributed by atoms with E-state index in [0.29, 0.717) is 6.54 Å². The molecule has 0 radical (unpaired) electrons. The van der Waals surface area contributed by atoms with Gasteiger partial charge in [-0.05, 0) is 43.5 Å². The summed E-state index contributed by atoms with van der Waals surface area (Å²) in [5.41, 5.74) is 0.163. The number of quaternary nitrogens is 1. The molecule has 1 atom stereocenters. The van der Waals surface area contributed by atoms with E-state index in [1.165, 1.54) is 47.7 Å². The Morgan fingerprint density at radius 3 is 2.24 bits per heavy atom. The van der Waals surface area contributed by atoms with Gasteiger partial charge in [0.05, 0.1) is 35.1 Å². The molecule has 2 N–H and O–H groups in total. The molecule has 8 nitrogen and oxygen atoms in total. The average molecular weight is 421 g/mol. The van der Waals surface area contributed by atoms with Crippen molar-refractivity contribution in [2.45, 2.75) is 30.3 Å². The van der Waals surface area contributed by atoms with E-state index in [4.69, 9.17) is 0 Å². The zero-order valence-electron chi connectivity index (χ0n) is 16.1. The highest BCUT2D eigenvalue weighted by atomic mass is 32.2. The molecule has 1 aliphatic heterocycles. The number of non-ortho nitro benzene ring substituents is 1. The van der Waals surface area contributed by atoms with Crippen LogP contribution in [0.15, 0.2) is 59.5 Å². The van der Waals surface area contributed by atoms with Crippen molar-refractivity contribution in [2.75, 3.05) is 30.5 Å². The number of nitrogens with one attached hydrogen (secondary N) is 1. The van der Waals surface area contributed by atoms with Gasteiger partial charge in [-0.15, -0.1) is 0 Å². The van der Waals surface area contributed by atoms with Crippen molar-refractivity contribution in [3.63, 3.8) is 0 Å². The standard InChI is InChI=1S/C20H25N3O5S/c24-19(15-21-13-5-2-6-14-21)16-22(17-9-11-18(12-10-17)23(25)26)29(27,28)20-7-3-1-4-8-20/h1,3-4,7-12,19,24H,2,5-6,13-16H2/p+1. The number of nitro benzene ring substituents is 1. The number of aliphatic hydroxyl groups excluding tert-OH is 1. The van der Waals surface area contributed by atoms with Crippen molar-refractivity contribution in [1.29, 1.82) is 0 Å². The van der Waals surface area contributed by atoms with Gasteiger partial charge < -0.3 is 10.0 Å². The van der Waals surface area contributed by atoms with Gasteiger partial charge in [0.25, 0.3) is 15.7 Å². The monoisotopic (exact) mass is 420 g/mol. The SMILES string of the molecule is O=[N+]([O-])c1ccc(N(CC(O)C[NH+]2CCCCC2)S(=O)(=O)c2ccccc2)cc1. The first kappa shape index (κ1) is 21.2. The molecule has 2 aromatic carbocycles. The second kappa shape index (κ2) is 9.34. The third-order valence-electron chi connectivity index (χ3n) is 5.14. The van der Waals surface area contributed by atoms with E-state index in [1.807, 2.05) is 0 Å². The molecule has 0 aliphatic carbocycles. The molecule has 1 aliphatic rings. The Labute approximate surface area is 170 Å². The van der Waals surface area contributed by atoms with Gasteiger partial charge in [0.15, 0.2) is 0 Å². The number of hydrogen-bond donors (Lipinski definition) is 2. The van der Waals surface area contributed by atoms with Crippen LogP contribution >= 0.6 is 0 Å². The van der Waals surface area contributed by atoms with E-state index < -0.39 is 21.1 Å². The molecular formula is C20H26N3O5S+. The molecule has 156 valence electrons. The summed E-state index contributed by atoms with van der Waals surface area (Å²) >= 11 is 0. The van der Waals surface area contributed by atoms with E-state index in [1.54, 1.807) is 18.2 Å². The summed E-state index contributed by atoms with van der Waals surface area (Å²) in [7, 11) is -3.93. The van der Waals surface area contributed by atoms with Crippen LogP contribution in [0.25, 0.3) is 0 Å². The van der Waals surface area contributed by atoms with Gasteiger partial charge in [0, 0.05) is 12.1 Å². The number of piperidine rings is 1. The number of aliphatic hydroxyl groups is 1. The summed E-state index contributed by atoms with van der Waals surface area (Å²) in [5.74, 6) is 0. The minimum absolute atomic E-state index is 0.107. The number of anilines is 1. The van der Waals surface area contributed by atoms with Gasteiger partial charge in [-0.3, -0.25) is 14.4 Å². The van der Waals surface area contributed by atoms with Crippen molar-refractivity contribution >= 4 is 21.4 Å². The summed E-state index contributed by atoms with van der Waals surface area (Å²) in [5, 5.41) is 21.6. The molecule has 29 heavy (non-hydrogen) atoms. The maximum Gasteiger partial charge on any atom is 0.269 e. The fraction of sp³-hybridized carbons (Fsp3) is 0.400. The number of rotatable bonds is 8. The highest BCUT2D eigenvalue weighted by molar-refractivity contribution is 7.92. The number of nitro groups is 1. The van der Waals surface area contributed by atoms with Gasteiger partial charge in [-0.1, -0.05) is 18.2 Å². The molecule has 1 heterocycles. The molecule has 1 unspecified atom stereocenters. The van der Waals surface area contributed by atoms with Crippen LogP contribution in [-0.2, 0) is 10.0 Å². The summed E-state index contributed by atoms with van der Waals surface area (Å²) in [6.07, 6.45) is 2.56. The second-order valence-corrected chi connectivity index (χ2v) is 9.15. The lowest BCUT2D eigenvalue weighted by Crippen LogP contribution is -3.14.